The minimum Gasteiger partial charge on any atom is -0.481 e. The molecule has 11 heavy (non-hydrogen) atoms. The Balaban J connectivity index is 3.60. The molecule has 64 valence electrons. The van der Waals surface area contributed by atoms with Crippen LogP contribution >= 0.6 is 0 Å². The largest absolute Gasteiger partial charge is 0.481 e. The number of nitrogens with two attached hydrogens (primary N) is 1. The minimum absolute atomic E-state index is 0.0394. The Labute approximate surface area is 64.8 Å². The van der Waals surface area contributed by atoms with Gasteiger partial charge in [-0.25, -0.2) is 0 Å². The summed E-state index contributed by atoms with van der Waals surface area (Å²) in [5.74, 6) is -1.16. The Kier molecular flexibility index (Phi) is 4.21. The van der Waals surface area contributed by atoms with Crippen molar-refractivity contribution < 1.29 is 14.7 Å². The van der Waals surface area contributed by atoms with Crippen molar-refractivity contribution in [2.24, 2.45) is 5.73 Å². The number of hydrogen-bond donors (Lipinski definition) is 2. The number of carbonyl (C=O) groups is 2. The number of rotatable bonds is 4. The maximum atomic E-state index is 10.7. The number of carboxylic acid groups (broad SMARTS) is 1. The van der Waals surface area contributed by atoms with Crippen LogP contribution in [-0.2, 0) is 9.59 Å². The quantitative estimate of drug-likeness (QED) is 0.545. The summed E-state index contributed by atoms with van der Waals surface area (Å²) in [4.78, 5) is 22.1. The molecule has 0 saturated heterocycles. The summed E-state index contributed by atoms with van der Waals surface area (Å²) in [6.07, 6.45) is -0.0394. The number of carbonyl (C=O) groups excluding carboxylic acids is 1. The lowest BCUT2D eigenvalue weighted by Crippen LogP contribution is -2.34. The zero-order chi connectivity index (χ0) is 8.85. The number of nitrogens with zero attached hydrogens (tertiary/aromatic N) is 1. The van der Waals surface area contributed by atoms with E-state index < -0.39 is 5.97 Å². The lowest BCUT2D eigenvalue weighted by molar-refractivity contribution is -0.138. The zero-order valence-electron chi connectivity index (χ0n) is 6.41. The van der Waals surface area contributed by atoms with E-state index in [1.165, 1.54) is 11.9 Å². The van der Waals surface area contributed by atoms with E-state index >= 15 is 0 Å². The third-order valence-electron chi connectivity index (χ3n) is 1.26. The second kappa shape index (κ2) is 4.68. The van der Waals surface area contributed by atoms with Crippen LogP contribution in [0.25, 0.3) is 0 Å². The summed E-state index contributed by atoms with van der Waals surface area (Å²) in [6, 6.07) is 0. The third-order valence-corrected chi connectivity index (χ3v) is 1.26. The molecule has 0 aromatic heterocycles. The van der Waals surface area contributed by atoms with Crippen LogP contribution in [0.1, 0.15) is 6.42 Å². The summed E-state index contributed by atoms with van der Waals surface area (Å²) in [7, 11) is 1.53. The van der Waals surface area contributed by atoms with Crippen LogP contribution in [0.5, 0.6) is 0 Å². The van der Waals surface area contributed by atoms with Crippen LogP contribution in [0.3, 0.4) is 0 Å². The predicted molar refractivity (Wildman–Crippen MR) is 38.9 cm³/mol. The first-order chi connectivity index (χ1) is 5.07. The number of likely N-dealkylation sites (N-methyl/N-ethyl adjacent to an activating group) is 1. The molecule has 0 aromatic carbocycles. The van der Waals surface area contributed by atoms with Crippen molar-refractivity contribution in [3.63, 3.8) is 0 Å². The number of carboxylic acids is 1. The lowest BCUT2D eigenvalue weighted by atomic mass is 10.4. The predicted octanol–water partition coefficient (Wildman–Crippen LogP) is -1.12. The van der Waals surface area contributed by atoms with Gasteiger partial charge in [-0.3, -0.25) is 9.59 Å². The molecule has 0 aliphatic heterocycles. The van der Waals surface area contributed by atoms with Crippen molar-refractivity contribution in [1.82, 2.24) is 4.90 Å². The van der Waals surface area contributed by atoms with Crippen molar-refractivity contribution in [3.8, 4) is 0 Å². The number of amides is 1. The first-order valence-electron chi connectivity index (χ1n) is 3.23. The van der Waals surface area contributed by atoms with Gasteiger partial charge in [-0.2, -0.15) is 0 Å². The average molecular weight is 160 g/mol. The van der Waals surface area contributed by atoms with Gasteiger partial charge >= 0.3 is 5.97 Å². The Morgan fingerprint density at radius 3 is 2.45 bits per heavy atom. The van der Waals surface area contributed by atoms with Gasteiger partial charge in [-0.15, -0.1) is 0 Å². The molecule has 0 atom stereocenters. The minimum atomic E-state index is -0.915. The van der Waals surface area contributed by atoms with Gasteiger partial charge in [0.25, 0.3) is 0 Å². The van der Waals surface area contributed by atoms with E-state index in [0.717, 1.165) is 0 Å². The van der Waals surface area contributed by atoms with E-state index in [9.17, 15) is 9.59 Å². The van der Waals surface area contributed by atoms with E-state index in [2.05, 4.69) is 0 Å². The Bertz CT molecular complexity index is 158. The highest BCUT2D eigenvalue weighted by atomic mass is 16.4. The highest BCUT2D eigenvalue weighted by molar-refractivity contribution is 5.78. The van der Waals surface area contributed by atoms with Crippen molar-refractivity contribution >= 4 is 11.9 Å². The third kappa shape index (κ3) is 4.32. The second-order valence-corrected chi connectivity index (χ2v) is 2.16. The van der Waals surface area contributed by atoms with Crippen LogP contribution in [-0.4, -0.2) is 42.0 Å². The fourth-order valence-electron chi connectivity index (χ4n) is 0.544. The maximum Gasteiger partial charge on any atom is 0.305 e. The molecule has 0 aliphatic rings. The first kappa shape index (κ1) is 9.90. The highest BCUT2D eigenvalue weighted by Crippen LogP contribution is 1.87. The van der Waals surface area contributed by atoms with E-state index in [-0.39, 0.29) is 25.4 Å². The summed E-state index contributed by atoms with van der Waals surface area (Å²) in [5.41, 5.74) is 5.04. The SMILES string of the molecule is CN(CCC(=O)O)C(=O)CN. The molecule has 0 rings (SSSR count). The van der Waals surface area contributed by atoms with Crippen LogP contribution < -0.4 is 5.73 Å². The topological polar surface area (TPSA) is 83.6 Å². The summed E-state index contributed by atoms with van der Waals surface area (Å²) < 4.78 is 0. The monoisotopic (exact) mass is 160 g/mol. The molecule has 0 aliphatic carbocycles. The van der Waals surface area contributed by atoms with Crippen LogP contribution in [0, 0.1) is 0 Å². The summed E-state index contributed by atoms with van der Waals surface area (Å²) in [5, 5.41) is 8.25. The average Bonchev–Trinajstić information content (AvgIpc) is 1.98. The van der Waals surface area contributed by atoms with E-state index in [0.29, 0.717) is 0 Å². The Hall–Kier alpha value is -1.10. The molecule has 0 saturated carbocycles. The van der Waals surface area contributed by atoms with Crippen LogP contribution in [0.15, 0.2) is 0 Å². The van der Waals surface area contributed by atoms with Gasteiger partial charge in [0.1, 0.15) is 0 Å². The van der Waals surface area contributed by atoms with E-state index in [1.54, 1.807) is 0 Å². The fraction of sp³-hybridized carbons (Fsp3) is 0.667. The first-order valence-corrected chi connectivity index (χ1v) is 3.23. The standard InChI is InChI=1S/C6H12N2O3/c1-8(5(9)4-7)3-2-6(10)11/h2-4,7H2,1H3,(H,10,11). The van der Waals surface area contributed by atoms with Crippen molar-refractivity contribution in [2.75, 3.05) is 20.1 Å². The van der Waals surface area contributed by atoms with Crippen LogP contribution in [0.4, 0.5) is 0 Å². The lowest BCUT2D eigenvalue weighted by Gasteiger charge is -2.13. The molecule has 3 N–H and O–H groups in total. The van der Waals surface area contributed by atoms with Crippen molar-refractivity contribution in [1.29, 1.82) is 0 Å². The maximum absolute atomic E-state index is 10.7. The van der Waals surface area contributed by atoms with Gasteiger partial charge < -0.3 is 15.7 Å². The van der Waals surface area contributed by atoms with Gasteiger partial charge in [0.2, 0.25) is 5.91 Å². The van der Waals surface area contributed by atoms with Crippen LogP contribution in [0.2, 0.25) is 0 Å². The van der Waals surface area contributed by atoms with Gasteiger partial charge in [-0.05, 0) is 0 Å². The Morgan fingerprint density at radius 2 is 2.09 bits per heavy atom. The van der Waals surface area contributed by atoms with Crippen molar-refractivity contribution in [2.45, 2.75) is 6.42 Å². The molecule has 0 spiro atoms. The molecular weight excluding hydrogens is 148 g/mol. The van der Waals surface area contributed by atoms with Gasteiger partial charge in [0.15, 0.2) is 0 Å². The molecule has 5 nitrogen and oxygen atoms in total. The molecule has 0 aromatic rings. The number of hydrogen-bond acceptors (Lipinski definition) is 3. The number of aliphatic carboxylic acids is 1. The molecule has 0 fully saturated rings. The molecule has 5 heteroatoms. The molecule has 0 bridgehead atoms. The van der Waals surface area contributed by atoms with Gasteiger partial charge in [0, 0.05) is 13.6 Å². The summed E-state index contributed by atoms with van der Waals surface area (Å²) >= 11 is 0. The smallest absolute Gasteiger partial charge is 0.305 e. The molecule has 0 unspecified atom stereocenters. The zero-order valence-corrected chi connectivity index (χ0v) is 6.41. The van der Waals surface area contributed by atoms with Gasteiger partial charge in [-0.1, -0.05) is 0 Å². The molecular formula is C6H12N2O3. The highest BCUT2D eigenvalue weighted by Gasteiger charge is 2.06. The van der Waals surface area contributed by atoms with E-state index in [1.807, 2.05) is 0 Å². The molecule has 0 heterocycles. The van der Waals surface area contributed by atoms with Gasteiger partial charge in [0.05, 0.1) is 13.0 Å². The molecule has 1 amide bonds. The van der Waals surface area contributed by atoms with E-state index in [4.69, 9.17) is 10.8 Å². The fourth-order valence-corrected chi connectivity index (χ4v) is 0.544. The molecule has 0 radical (unpaired) electrons. The Morgan fingerprint density at radius 1 is 1.55 bits per heavy atom. The summed E-state index contributed by atoms with van der Waals surface area (Å²) in [6.45, 7) is 0.140. The van der Waals surface area contributed by atoms with Crippen molar-refractivity contribution in [3.05, 3.63) is 0 Å². The normalized spacial score (nSPS) is 9.27. The second-order valence-electron chi connectivity index (χ2n) is 2.16.